The average Bonchev–Trinajstić information content (AvgIpc) is 3.07. The highest BCUT2D eigenvalue weighted by molar-refractivity contribution is 4.97. The standard InChI is InChI=1S/C14H28N4/c1-12(2)10-18(8-7-17(3)4)11-14(9-15)16-13-5-6-13/h12-14,16H,5-8,10-11H2,1-4H3. The summed E-state index contributed by atoms with van der Waals surface area (Å²) in [6.07, 6.45) is 2.47. The molecule has 4 heteroatoms. The molecular formula is C14H28N4. The highest BCUT2D eigenvalue weighted by Crippen LogP contribution is 2.19. The van der Waals surface area contributed by atoms with Crippen molar-refractivity contribution in [1.82, 2.24) is 15.1 Å². The second-order valence-corrected chi connectivity index (χ2v) is 6.08. The van der Waals surface area contributed by atoms with Crippen LogP contribution in [0.1, 0.15) is 26.7 Å². The molecule has 1 atom stereocenters. The fourth-order valence-corrected chi connectivity index (χ4v) is 2.04. The molecule has 0 aromatic rings. The summed E-state index contributed by atoms with van der Waals surface area (Å²) in [5, 5.41) is 12.6. The quantitative estimate of drug-likeness (QED) is 0.668. The number of hydrogen-bond acceptors (Lipinski definition) is 4. The van der Waals surface area contributed by atoms with E-state index in [0.29, 0.717) is 12.0 Å². The largest absolute Gasteiger partial charge is 0.308 e. The summed E-state index contributed by atoms with van der Waals surface area (Å²) in [6.45, 7) is 8.47. The van der Waals surface area contributed by atoms with E-state index >= 15 is 0 Å². The maximum Gasteiger partial charge on any atom is 0.108 e. The monoisotopic (exact) mass is 252 g/mol. The molecule has 0 aromatic heterocycles. The molecule has 1 unspecified atom stereocenters. The Kier molecular flexibility index (Phi) is 6.62. The van der Waals surface area contributed by atoms with E-state index in [2.05, 4.69) is 49.1 Å². The zero-order valence-electron chi connectivity index (χ0n) is 12.3. The molecule has 0 saturated heterocycles. The molecule has 4 nitrogen and oxygen atoms in total. The molecule has 0 bridgehead atoms. The van der Waals surface area contributed by atoms with Crippen molar-refractivity contribution in [2.45, 2.75) is 38.8 Å². The zero-order valence-corrected chi connectivity index (χ0v) is 12.3. The molecule has 0 aromatic carbocycles. The molecule has 18 heavy (non-hydrogen) atoms. The van der Waals surface area contributed by atoms with Gasteiger partial charge in [-0.3, -0.25) is 10.2 Å². The van der Waals surface area contributed by atoms with E-state index in [9.17, 15) is 5.26 Å². The number of likely N-dealkylation sites (N-methyl/N-ethyl adjacent to an activating group) is 1. The lowest BCUT2D eigenvalue weighted by Gasteiger charge is -2.27. The highest BCUT2D eigenvalue weighted by atomic mass is 15.2. The predicted molar refractivity (Wildman–Crippen MR) is 75.4 cm³/mol. The SMILES string of the molecule is CC(C)CN(CCN(C)C)CC(C#N)NC1CC1. The lowest BCUT2D eigenvalue weighted by Crippen LogP contribution is -2.44. The molecule has 0 radical (unpaired) electrons. The topological polar surface area (TPSA) is 42.3 Å². The Morgan fingerprint density at radius 2 is 1.89 bits per heavy atom. The molecule has 1 N–H and O–H groups in total. The second kappa shape index (κ2) is 7.73. The molecule has 1 saturated carbocycles. The van der Waals surface area contributed by atoms with Gasteiger partial charge in [0.25, 0.3) is 0 Å². The Morgan fingerprint density at radius 3 is 2.33 bits per heavy atom. The summed E-state index contributed by atoms with van der Waals surface area (Å²) in [4.78, 5) is 4.61. The van der Waals surface area contributed by atoms with E-state index in [-0.39, 0.29) is 6.04 Å². The molecule has 1 aliphatic rings. The Bertz CT molecular complexity index is 265. The van der Waals surface area contributed by atoms with Crippen LogP contribution >= 0.6 is 0 Å². The van der Waals surface area contributed by atoms with Gasteiger partial charge in [-0.05, 0) is 32.9 Å². The first-order chi connectivity index (χ1) is 8.51. The van der Waals surface area contributed by atoms with Gasteiger partial charge >= 0.3 is 0 Å². The molecule has 0 amide bonds. The molecule has 0 spiro atoms. The summed E-state index contributed by atoms with van der Waals surface area (Å²) >= 11 is 0. The number of nitrogens with zero attached hydrogens (tertiary/aromatic N) is 3. The molecule has 1 aliphatic carbocycles. The zero-order chi connectivity index (χ0) is 13.5. The summed E-state index contributed by atoms with van der Waals surface area (Å²) in [6, 6.07) is 2.98. The van der Waals surface area contributed by atoms with Gasteiger partial charge in [0.05, 0.1) is 6.07 Å². The first-order valence-corrected chi connectivity index (χ1v) is 7.04. The Morgan fingerprint density at radius 1 is 1.22 bits per heavy atom. The van der Waals surface area contributed by atoms with Gasteiger partial charge < -0.3 is 4.90 Å². The molecular weight excluding hydrogens is 224 g/mol. The van der Waals surface area contributed by atoms with E-state index in [4.69, 9.17) is 0 Å². The first kappa shape index (κ1) is 15.4. The van der Waals surface area contributed by atoms with Crippen LogP contribution in [0.4, 0.5) is 0 Å². The minimum absolute atomic E-state index is 0.0154. The van der Waals surface area contributed by atoms with E-state index in [1.165, 1.54) is 12.8 Å². The van der Waals surface area contributed by atoms with Crippen LogP contribution in [0.2, 0.25) is 0 Å². The van der Waals surface area contributed by atoms with Crippen molar-refractivity contribution in [2.75, 3.05) is 40.3 Å². The number of rotatable bonds is 9. The maximum absolute atomic E-state index is 9.21. The number of hydrogen-bond donors (Lipinski definition) is 1. The van der Waals surface area contributed by atoms with Crippen molar-refractivity contribution in [1.29, 1.82) is 5.26 Å². The normalized spacial score (nSPS) is 17.4. The molecule has 1 rings (SSSR count). The van der Waals surface area contributed by atoms with Crippen molar-refractivity contribution < 1.29 is 0 Å². The molecule has 1 fully saturated rings. The fourth-order valence-electron chi connectivity index (χ4n) is 2.04. The molecule has 0 aliphatic heterocycles. The predicted octanol–water partition coefficient (Wildman–Crippen LogP) is 1.15. The van der Waals surface area contributed by atoms with Crippen molar-refractivity contribution >= 4 is 0 Å². The average molecular weight is 252 g/mol. The van der Waals surface area contributed by atoms with Crippen molar-refractivity contribution in [3.8, 4) is 6.07 Å². The summed E-state index contributed by atoms with van der Waals surface area (Å²) < 4.78 is 0. The first-order valence-electron chi connectivity index (χ1n) is 7.04. The van der Waals surface area contributed by atoms with Gasteiger partial charge in [0.15, 0.2) is 0 Å². The van der Waals surface area contributed by atoms with Crippen LogP contribution in [-0.4, -0.2) is 62.2 Å². The van der Waals surface area contributed by atoms with E-state index in [1.54, 1.807) is 0 Å². The smallest absolute Gasteiger partial charge is 0.108 e. The second-order valence-electron chi connectivity index (χ2n) is 6.08. The van der Waals surface area contributed by atoms with Gasteiger partial charge in [-0.1, -0.05) is 13.8 Å². The third-order valence-corrected chi connectivity index (χ3v) is 3.10. The van der Waals surface area contributed by atoms with Crippen LogP contribution in [0.5, 0.6) is 0 Å². The molecule has 104 valence electrons. The van der Waals surface area contributed by atoms with Crippen LogP contribution in [0.15, 0.2) is 0 Å². The lowest BCUT2D eigenvalue weighted by atomic mass is 10.2. The Hall–Kier alpha value is -0.630. The van der Waals surface area contributed by atoms with Crippen molar-refractivity contribution in [3.63, 3.8) is 0 Å². The van der Waals surface area contributed by atoms with Gasteiger partial charge in [-0.2, -0.15) is 5.26 Å². The third kappa shape index (κ3) is 6.95. The molecule has 0 heterocycles. The van der Waals surface area contributed by atoms with Gasteiger partial charge in [-0.25, -0.2) is 0 Å². The summed E-state index contributed by atoms with van der Waals surface area (Å²) in [5.41, 5.74) is 0. The van der Waals surface area contributed by atoms with Gasteiger partial charge in [-0.15, -0.1) is 0 Å². The van der Waals surface area contributed by atoms with Crippen molar-refractivity contribution in [3.05, 3.63) is 0 Å². The summed E-state index contributed by atoms with van der Waals surface area (Å²) in [5.74, 6) is 0.646. The van der Waals surface area contributed by atoms with Crippen LogP contribution in [0.25, 0.3) is 0 Å². The minimum Gasteiger partial charge on any atom is -0.308 e. The Labute approximate surface area is 112 Å². The highest BCUT2D eigenvalue weighted by Gasteiger charge is 2.25. The minimum atomic E-state index is -0.0154. The lowest BCUT2D eigenvalue weighted by molar-refractivity contribution is 0.208. The van der Waals surface area contributed by atoms with Gasteiger partial charge in [0.2, 0.25) is 0 Å². The van der Waals surface area contributed by atoms with E-state index in [1.807, 2.05) is 0 Å². The van der Waals surface area contributed by atoms with E-state index < -0.39 is 0 Å². The number of nitriles is 1. The number of nitrogens with one attached hydrogen (secondary N) is 1. The van der Waals surface area contributed by atoms with Gasteiger partial charge in [0, 0.05) is 32.2 Å². The van der Waals surface area contributed by atoms with Crippen LogP contribution in [0, 0.1) is 17.2 Å². The third-order valence-electron chi connectivity index (χ3n) is 3.10. The van der Waals surface area contributed by atoms with E-state index in [0.717, 1.165) is 26.2 Å². The van der Waals surface area contributed by atoms with Gasteiger partial charge in [0.1, 0.15) is 6.04 Å². The fraction of sp³-hybridized carbons (Fsp3) is 0.929. The van der Waals surface area contributed by atoms with Crippen LogP contribution in [0.3, 0.4) is 0 Å². The van der Waals surface area contributed by atoms with Crippen LogP contribution < -0.4 is 5.32 Å². The summed E-state index contributed by atoms with van der Waals surface area (Å²) in [7, 11) is 4.19. The Balaban J connectivity index is 2.38. The van der Waals surface area contributed by atoms with Crippen molar-refractivity contribution in [2.24, 2.45) is 5.92 Å². The maximum atomic E-state index is 9.21. The van der Waals surface area contributed by atoms with Crippen LogP contribution in [-0.2, 0) is 0 Å².